The number of nitrogens with zero attached hydrogens (tertiary/aromatic N) is 1. The molecule has 0 fully saturated rings. The average Bonchev–Trinajstić information content (AvgIpc) is 2.71. The van der Waals surface area contributed by atoms with E-state index in [0.717, 1.165) is 18.0 Å². The van der Waals surface area contributed by atoms with Gasteiger partial charge in [0.15, 0.2) is 5.96 Å². The maximum absolute atomic E-state index is 12.1. The highest BCUT2D eigenvalue weighted by molar-refractivity contribution is 6.30. The third kappa shape index (κ3) is 7.19. The summed E-state index contributed by atoms with van der Waals surface area (Å²) < 4.78 is 5.13. The van der Waals surface area contributed by atoms with Gasteiger partial charge in [0.25, 0.3) is 5.91 Å². The maximum Gasteiger partial charge on any atom is 0.251 e. The number of methoxy groups -OCH3 is 1. The molecule has 0 heterocycles. The molecule has 2 aromatic carbocycles. The van der Waals surface area contributed by atoms with E-state index in [1.165, 1.54) is 5.56 Å². The number of carbonyl (C=O) groups is 1. The Kier molecular flexibility index (Phi) is 8.45. The van der Waals surface area contributed by atoms with Crippen molar-refractivity contribution in [3.63, 3.8) is 0 Å². The Morgan fingerprint density at radius 1 is 1.04 bits per heavy atom. The fourth-order valence-electron chi connectivity index (χ4n) is 2.42. The third-order valence-electron chi connectivity index (χ3n) is 3.88. The van der Waals surface area contributed by atoms with Crippen LogP contribution in [0.2, 0.25) is 5.02 Å². The third-order valence-corrected chi connectivity index (χ3v) is 4.13. The number of nitrogens with one attached hydrogen (secondary N) is 3. The minimum atomic E-state index is -0.138. The summed E-state index contributed by atoms with van der Waals surface area (Å²) in [6.45, 7) is 1.79. The van der Waals surface area contributed by atoms with Crippen LogP contribution in [-0.2, 0) is 6.42 Å². The second-order valence-electron chi connectivity index (χ2n) is 5.79. The van der Waals surface area contributed by atoms with E-state index in [-0.39, 0.29) is 5.91 Å². The Balaban J connectivity index is 1.66. The molecule has 0 aliphatic rings. The number of carbonyl (C=O) groups excluding carboxylic acids is 1. The van der Waals surface area contributed by atoms with Crippen LogP contribution in [0, 0.1) is 0 Å². The van der Waals surface area contributed by atoms with Crippen molar-refractivity contribution in [3.8, 4) is 5.75 Å². The Bertz CT molecular complexity index is 763. The number of hydrogen-bond donors (Lipinski definition) is 3. The lowest BCUT2D eigenvalue weighted by molar-refractivity contribution is 0.0954. The van der Waals surface area contributed by atoms with Gasteiger partial charge in [-0.3, -0.25) is 9.79 Å². The summed E-state index contributed by atoms with van der Waals surface area (Å²) in [7, 11) is 3.29. The molecule has 7 heteroatoms. The molecule has 2 rings (SSSR count). The topological polar surface area (TPSA) is 74.8 Å². The molecule has 0 bridgehead atoms. The molecular weight excluding hydrogens is 364 g/mol. The molecular formula is C20H25ClN4O2. The number of aliphatic imine (C=N–C) groups is 1. The van der Waals surface area contributed by atoms with Gasteiger partial charge in [0, 0.05) is 37.3 Å². The molecule has 144 valence electrons. The lowest BCUT2D eigenvalue weighted by Crippen LogP contribution is -2.42. The zero-order valence-corrected chi connectivity index (χ0v) is 16.3. The van der Waals surface area contributed by atoms with Gasteiger partial charge in [0.2, 0.25) is 0 Å². The fraction of sp³-hybridized carbons (Fsp3) is 0.300. The SMILES string of the molecule is CN=C(NCCNC(=O)c1cccc(OC)c1)NCCc1ccc(Cl)cc1. The lowest BCUT2D eigenvalue weighted by Gasteiger charge is -2.12. The number of amides is 1. The summed E-state index contributed by atoms with van der Waals surface area (Å²) in [5, 5.41) is 10.0. The Labute approximate surface area is 165 Å². The minimum Gasteiger partial charge on any atom is -0.497 e. The molecule has 0 saturated heterocycles. The summed E-state index contributed by atoms with van der Waals surface area (Å²) in [6.07, 6.45) is 0.866. The number of guanidine groups is 1. The van der Waals surface area contributed by atoms with Crippen molar-refractivity contribution in [3.05, 3.63) is 64.7 Å². The first-order valence-electron chi connectivity index (χ1n) is 8.73. The van der Waals surface area contributed by atoms with E-state index in [0.29, 0.717) is 30.4 Å². The Morgan fingerprint density at radius 3 is 2.44 bits per heavy atom. The summed E-state index contributed by atoms with van der Waals surface area (Å²) >= 11 is 5.89. The lowest BCUT2D eigenvalue weighted by atomic mass is 10.1. The van der Waals surface area contributed by atoms with Crippen LogP contribution in [0.5, 0.6) is 5.75 Å². The summed E-state index contributed by atoms with van der Waals surface area (Å²) in [6, 6.07) is 14.8. The molecule has 0 aromatic heterocycles. The molecule has 0 atom stereocenters. The number of halogens is 1. The van der Waals surface area contributed by atoms with Gasteiger partial charge < -0.3 is 20.7 Å². The van der Waals surface area contributed by atoms with Crippen LogP contribution >= 0.6 is 11.6 Å². The van der Waals surface area contributed by atoms with Crippen molar-refractivity contribution < 1.29 is 9.53 Å². The van der Waals surface area contributed by atoms with Gasteiger partial charge in [-0.2, -0.15) is 0 Å². The van der Waals surface area contributed by atoms with Gasteiger partial charge in [-0.1, -0.05) is 29.8 Å². The van der Waals surface area contributed by atoms with Gasteiger partial charge in [-0.15, -0.1) is 0 Å². The second kappa shape index (κ2) is 11.1. The van der Waals surface area contributed by atoms with Gasteiger partial charge in [-0.25, -0.2) is 0 Å². The maximum atomic E-state index is 12.1. The molecule has 0 radical (unpaired) electrons. The van der Waals surface area contributed by atoms with E-state index in [1.54, 1.807) is 38.4 Å². The first-order valence-corrected chi connectivity index (χ1v) is 9.11. The van der Waals surface area contributed by atoms with Gasteiger partial charge in [-0.05, 0) is 42.3 Å². The molecule has 3 N–H and O–H groups in total. The average molecular weight is 389 g/mol. The fourth-order valence-corrected chi connectivity index (χ4v) is 2.55. The quantitative estimate of drug-likeness (QED) is 0.369. The van der Waals surface area contributed by atoms with Crippen molar-refractivity contribution >= 4 is 23.5 Å². The zero-order chi connectivity index (χ0) is 19.5. The molecule has 0 spiro atoms. The molecule has 6 nitrogen and oxygen atoms in total. The van der Waals surface area contributed by atoms with E-state index in [2.05, 4.69) is 20.9 Å². The van der Waals surface area contributed by atoms with Crippen LogP contribution in [0.1, 0.15) is 15.9 Å². The molecule has 0 unspecified atom stereocenters. The number of benzene rings is 2. The molecule has 2 aromatic rings. The van der Waals surface area contributed by atoms with Crippen LogP contribution in [-0.4, -0.2) is 45.7 Å². The van der Waals surface area contributed by atoms with Crippen molar-refractivity contribution in [1.82, 2.24) is 16.0 Å². The standard InChI is InChI=1S/C20H25ClN4O2/c1-22-20(24-11-10-15-6-8-17(21)9-7-15)25-13-12-23-19(26)16-4-3-5-18(14-16)27-2/h3-9,14H,10-13H2,1-2H3,(H,23,26)(H2,22,24,25). The van der Waals surface area contributed by atoms with Crippen LogP contribution < -0.4 is 20.7 Å². The predicted octanol–water partition coefficient (Wildman–Crippen LogP) is 2.49. The molecule has 1 amide bonds. The van der Waals surface area contributed by atoms with Crippen molar-refractivity contribution in [2.24, 2.45) is 4.99 Å². The highest BCUT2D eigenvalue weighted by Gasteiger charge is 2.06. The Morgan fingerprint density at radius 2 is 1.74 bits per heavy atom. The van der Waals surface area contributed by atoms with Crippen molar-refractivity contribution in [2.75, 3.05) is 33.8 Å². The van der Waals surface area contributed by atoms with Crippen LogP contribution in [0.3, 0.4) is 0 Å². The highest BCUT2D eigenvalue weighted by atomic mass is 35.5. The summed E-state index contributed by atoms with van der Waals surface area (Å²) in [5.41, 5.74) is 1.77. The smallest absolute Gasteiger partial charge is 0.251 e. The van der Waals surface area contributed by atoms with Crippen molar-refractivity contribution in [2.45, 2.75) is 6.42 Å². The van der Waals surface area contributed by atoms with Gasteiger partial charge in [0.1, 0.15) is 5.75 Å². The first kappa shape index (κ1) is 20.6. The van der Waals surface area contributed by atoms with Crippen molar-refractivity contribution in [1.29, 1.82) is 0 Å². The van der Waals surface area contributed by atoms with Gasteiger partial charge >= 0.3 is 0 Å². The molecule has 0 aliphatic heterocycles. The van der Waals surface area contributed by atoms with Gasteiger partial charge in [0.05, 0.1) is 7.11 Å². The van der Waals surface area contributed by atoms with Crippen LogP contribution in [0.4, 0.5) is 0 Å². The summed E-state index contributed by atoms with van der Waals surface area (Å²) in [5.74, 6) is 1.21. The largest absolute Gasteiger partial charge is 0.497 e. The van der Waals surface area contributed by atoms with E-state index >= 15 is 0 Å². The van der Waals surface area contributed by atoms with Crippen LogP contribution in [0.15, 0.2) is 53.5 Å². The van der Waals surface area contributed by atoms with E-state index in [9.17, 15) is 4.79 Å². The van der Waals surface area contributed by atoms with E-state index in [4.69, 9.17) is 16.3 Å². The molecule has 0 saturated carbocycles. The van der Waals surface area contributed by atoms with E-state index < -0.39 is 0 Å². The number of ether oxygens (including phenoxy) is 1. The Hall–Kier alpha value is -2.73. The van der Waals surface area contributed by atoms with E-state index in [1.807, 2.05) is 24.3 Å². The minimum absolute atomic E-state index is 0.138. The second-order valence-corrected chi connectivity index (χ2v) is 6.23. The molecule has 0 aliphatic carbocycles. The number of hydrogen-bond acceptors (Lipinski definition) is 3. The normalized spacial score (nSPS) is 11.0. The number of rotatable bonds is 8. The molecule has 27 heavy (non-hydrogen) atoms. The monoisotopic (exact) mass is 388 g/mol. The van der Waals surface area contributed by atoms with Crippen LogP contribution in [0.25, 0.3) is 0 Å². The first-order chi connectivity index (χ1) is 13.1. The predicted molar refractivity (Wildman–Crippen MR) is 110 cm³/mol. The highest BCUT2D eigenvalue weighted by Crippen LogP contribution is 2.12. The summed E-state index contributed by atoms with van der Waals surface area (Å²) in [4.78, 5) is 16.3. The zero-order valence-electron chi connectivity index (χ0n) is 15.6.